The van der Waals surface area contributed by atoms with Crippen molar-refractivity contribution in [2.24, 2.45) is 11.8 Å². The minimum Gasteiger partial charge on any atom is -0.497 e. The Hall–Kier alpha value is -4.44. The zero-order valence-corrected chi connectivity index (χ0v) is 36.0. The Morgan fingerprint density at radius 3 is 2.23 bits per heavy atom. The third-order valence-electron chi connectivity index (χ3n) is 12.8. The number of hydrogen-bond donors (Lipinski definition) is 2. The average molecular weight is 877 g/mol. The Morgan fingerprint density at radius 1 is 0.902 bits per heavy atom. The van der Waals surface area contributed by atoms with Gasteiger partial charge in [0.05, 0.1) is 36.5 Å². The molecule has 17 heteroatoms. The number of unbranched alkanes of at least 4 members (excludes halogenated alkanes) is 3. The molecule has 4 amide bonds. The Bertz CT molecular complexity index is 1850. The summed E-state index contributed by atoms with van der Waals surface area (Å²) in [6.07, 6.45) is 1.81. The molecule has 1 atom stereocenters. The number of hydrogen-bond acceptors (Lipinski definition) is 9. The van der Waals surface area contributed by atoms with Crippen LogP contribution in [0.4, 0.5) is 34.1 Å². The highest BCUT2D eigenvalue weighted by molar-refractivity contribution is 6.33. The van der Waals surface area contributed by atoms with E-state index in [1.54, 1.807) is 23.0 Å². The van der Waals surface area contributed by atoms with Gasteiger partial charge in [-0.3, -0.25) is 14.5 Å². The number of alkyl halides is 3. The summed E-state index contributed by atoms with van der Waals surface area (Å²) >= 11 is 6.16. The van der Waals surface area contributed by atoms with Crippen molar-refractivity contribution in [1.82, 2.24) is 19.6 Å². The lowest BCUT2D eigenvalue weighted by molar-refractivity contribution is -0.145. The van der Waals surface area contributed by atoms with Crippen LogP contribution in [0, 0.1) is 11.8 Å². The molecule has 0 aromatic heterocycles. The van der Waals surface area contributed by atoms with Gasteiger partial charge in [0, 0.05) is 50.9 Å². The molecule has 13 nitrogen and oxygen atoms in total. The number of halogens is 4. The fourth-order valence-electron chi connectivity index (χ4n) is 9.20. The number of likely N-dealkylation sites (tertiary alicyclic amines) is 3. The first-order valence-electron chi connectivity index (χ1n) is 21.8. The van der Waals surface area contributed by atoms with E-state index in [0.717, 1.165) is 81.8 Å². The summed E-state index contributed by atoms with van der Waals surface area (Å²) in [5.41, 5.74) is 5.70. The highest BCUT2D eigenvalue weighted by Crippen LogP contribution is 2.39. The number of anilines is 2. The van der Waals surface area contributed by atoms with E-state index in [-0.39, 0.29) is 54.7 Å². The van der Waals surface area contributed by atoms with Gasteiger partial charge in [-0.1, -0.05) is 37.8 Å². The average Bonchev–Trinajstić information content (AvgIpc) is 3.41. The van der Waals surface area contributed by atoms with Gasteiger partial charge in [-0.2, -0.15) is 13.2 Å². The number of rotatable bonds is 14. The topological polar surface area (TPSA) is 147 Å². The lowest BCUT2D eigenvalue weighted by Crippen LogP contribution is -2.52. The van der Waals surface area contributed by atoms with Gasteiger partial charge in [-0.25, -0.2) is 9.59 Å². The summed E-state index contributed by atoms with van der Waals surface area (Å²) in [7, 11) is 1.59. The van der Waals surface area contributed by atoms with E-state index in [9.17, 15) is 32.3 Å². The number of fused-ring (bicyclic) bond motifs is 1. The van der Waals surface area contributed by atoms with E-state index in [1.165, 1.54) is 11.0 Å². The Morgan fingerprint density at radius 2 is 1.57 bits per heavy atom. The maximum absolute atomic E-state index is 14.2. The van der Waals surface area contributed by atoms with Crippen molar-refractivity contribution in [3.63, 3.8) is 0 Å². The van der Waals surface area contributed by atoms with Crippen LogP contribution in [0.15, 0.2) is 30.3 Å². The number of carbonyl (C=O) groups excluding carboxylic acids is 4. The number of amides is 4. The summed E-state index contributed by atoms with van der Waals surface area (Å²) in [5, 5.41) is 2.68. The van der Waals surface area contributed by atoms with Crippen LogP contribution in [-0.4, -0.2) is 122 Å². The number of carbonyl (C=O) groups is 4. The van der Waals surface area contributed by atoms with Gasteiger partial charge in [0.2, 0.25) is 0 Å². The molecule has 4 heterocycles. The highest BCUT2D eigenvalue weighted by atomic mass is 35.5. The number of nitrogens with zero attached hydrogens (tertiary/aromatic N) is 4. The Labute approximate surface area is 361 Å². The normalized spacial score (nSPS) is 19.2. The van der Waals surface area contributed by atoms with Gasteiger partial charge in [0.1, 0.15) is 5.75 Å². The van der Waals surface area contributed by atoms with Crippen molar-refractivity contribution in [1.29, 1.82) is 0 Å². The number of ether oxygens (including phenoxy) is 3. The SMILES string of the molecule is CCCCCCOC(=O)CN1CCC(C2CCN(C(=O)[C@@H](Cc3cc(Cl)c(N)c(C(F)(F)F)c3)OC(=O)N3CCC(N4CCc5cc(OC)ccc5NC4=O)CC3)CC2)CC1. The molecule has 4 aliphatic heterocycles. The predicted octanol–water partition coefficient (Wildman–Crippen LogP) is 7.63. The van der Waals surface area contributed by atoms with Gasteiger partial charge in [-0.15, -0.1) is 0 Å². The maximum Gasteiger partial charge on any atom is 0.418 e. The summed E-state index contributed by atoms with van der Waals surface area (Å²) in [5.74, 6) is 0.836. The van der Waals surface area contributed by atoms with Crippen molar-refractivity contribution in [3.8, 4) is 5.75 Å². The number of esters is 1. The lowest BCUT2D eigenvalue weighted by atomic mass is 9.78. The van der Waals surface area contributed by atoms with Crippen LogP contribution in [0.2, 0.25) is 5.02 Å². The van der Waals surface area contributed by atoms with Crippen LogP contribution in [-0.2, 0) is 38.1 Å². The number of nitrogen functional groups attached to an aromatic ring is 1. The molecular weight excluding hydrogens is 817 g/mol. The smallest absolute Gasteiger partial charge is 0.418 e. The predicted molar refractivity (Wildman–Crippen MR) is 225 cm³/mol. The largest absolute Gasteiger partial charge is 0.497 e. The number of methoxy groups -OCH3 is 1. The van der Waals surface area contributed by atoms with Crippen molar-refractivity contribution in [2.45, 2.75) is 102 Å². The minimum absolute atomic E-state index is 0.0594. The molecule has 2 aromatic carbocycles. The summed E-state index contributed by atoms with van der Waals surface area (Å²) < 4.78 is 58.5. The standard InChI is InChI=1S/C44H60ClF3N6O7/c1-3-4-5-6-23-60-39(55)28-51-16-9-30(10-17-51)31-11-18-52(19-12-31)41(56)38(26-29-24-35(44(46,47)48)40(49)36(45)25-29)61-43(58)53-20-14-33(15-21-53)54-22-13-32-27-34(59-2)7-8-37(32)50-42(54)57/h7-8,24-25,27,30-31,33,38H,3-6,9-23,26,28,49H2,1-2H3,(H,50,57)/t38-/m1/s1. The Kier molecular flexibility index (Phi) is 15.9. The molecule has 3 N–H and O–H groups in total. The second-order valence-corrected chi connectivity index (χ2v) is 17.2. The van der Waals surface area contributed by atoms with Crippen LogP contribution in [0.3, 0.4) is 0 Å². The van der Waals surface area contributed by atoms with Crippen molar-refractivity contribution >= 4 is 47.0 Å². The van der Waals surface area contributed by atoms with E-state index >= 15 is 0 Å². The van der Waals surface area contributed by atoms with E-state index < -0.39 is 35.5 Å². The number of benzene rings is 2. The molecule has 0 aliphatic carbocycles. The molecule has 0 unspecified atom stereocenters. The van der Waals surface area contributed by atoms with E-state index in [2.05, 4.69) is 17.1 Å². The molecule has 4 aliphatic rings. The highest BCUT2D eigenvalue weighted by Gasteiger charge is 2.39. The second-order valence-electron chi connectivity index (χ2n) is 16.8. The van der Waals surface area contributed by atoms with Crippen LogP contribution in [0.1, 0.15) is 87.8 Å². The van der Waals surface area contributed by atoms with Crippen LogP contribution in [0.5, 0.6) is 5.75 Å². The van der Waals surface area contributed by atoms with E-state index in [1.807, 2.05) is 12.1 Å². The first-order chi connectivity index (χ1) is 29.2. The third kappa shape index (κ3) is 12.1. The zero-order valence-electron chi connectivity index (χ0n) is 35.3. The fourth-order valence-corrected chi connectivity index (χ4v) is 9.44. The van der Waals surface area contributed by atoms with Crippen molar-refractivity contribution in [3.05, 3.63) is 52.0 Å². The number of urea groups is 1. The Balaban J connectivity index is 1.05. The maximum atomic E-state index is 14.2. The third-order valence-corrected chi connectivity index (χ3v) is 13.1. The first kappa shape index (κ1) is 46.1. The number of nitrogens with two attached hydrogens (primary N) is 1. The van der Waals surface area contributed by atoms with Crippen LogP contribution in [0.25, 0.3) is 0 Å². The zero-order chi connectivity index (χ0) is 43.7. The van der Waals surface area contributed by atoms with Gasteiger partial charge in [0.25, 0.3) is 5.91 Å². The molecule has 6 rings (SSSR count). The number of piperidine rings is 3. The first-order valence-corrected chi connectivity index (χ1v) is 22.1. The molecule has 2 aromatic rings. The fraction of sp³-hybridized carbons (Fsp3) is 0.636. The van der Waals surface area contributed by atoms with Gasteiger partial charge >= 0.3 is 24.3 Å². The molecular formula is C44H60ClF3N6O7. The lowest BCUT2D eigenvalue weighted by Gasteiger charge is -2.41. The molecule has 0 saturated carbocycles. The van der Waals surface area contributed by atoms with E-state index in [4.69, 9.17) is 31.5 Å². The molecule has 61 heavy (non-hydrogen) atoms. The number of nitrogens with one attached hydrogen (secondary N) is 1. The monoisotopic (exact) mass is 876 g/mol. The van der Waals surface area contributed by atoms with Crippen molar-refractivity contribution < 1.29 is 46.6 Å². The van der Waals surface area contributed by atoms with E-state index in [0.29, 0.717) is 63.1 Å². The van der Waals surface area contributed by atoms with Gasteiger partial charge in [-0.05, 0) is 118 Å². The van der Waals surface area contributed by atoms with Gasteiger partial charge in [0.15, 0.2) is 6.10 Å². The summed E-state index contributed by atoms with van der Waals surface area (Å²) in [4.78, 5) is 60.6. The summed E-state index contributed by atoms with van der Waals surface area (Å²) in [6.45, 7) is 6.30. The van der Waals surface area contributed by atoms with Crippen molar-refractivity contribution in [2.75, 3.05) is 77.1 Å². The molecule has 3 saturated heterocycles. The molecule has 3 fully saturated rings. The van der Waals surface area contributed by atoms with Crippen LogP contribution < -0.4 is 15.8 Å². The second kappa shape index (κ2) is 21.1. The van der Waals surface area contributed by atoms with Crippen LogP contribution >= 0.6 is 11.6 Å². The minimum atomic E-state index is -4.79. The molecule has 0 bridgehead atoms. The molecule has 336 valence electrons. The summed E-state index contributed by atoms with van der Waals surface area (Å²) in [6, 6.07) is 7.27. The molecule has 0 radical (unpaired) electrons. The van der Waals surface area contributed by atoms with Gasteiger partial charge < -0.3 is 40.0 Å². The quantitative estimate of drug-likeness (QED) is 0.111. The molecule has 0 spiro atoms.